The molecule has 0 fully saturated rings. The highest BCUT2D eigenvalue weighted by Gasteiger charge is 2.07. The van der Waals surface area contributed by atoms with Crippen LogP contribution in [0.15, 0.2) is 0 Å². The summed E-state index contributed by atoms with van der Waals surface area (Å²) < 4.78 is 0. The molecule has 0 saturated heterocycles. The molecule has 0 spiro atoms. The van der Waals surface area contributed by atoms with Crippen molar-refractivity contribution in [2.75, 3.05) is 6.54 Å². The molecule has 0 aliphatic rings. The smallest absolute Gasteiger partial charge is 0.00488 e. The Morgan fingerprint density at radius 2 is 1.91 bits per heavy atom. The molecule has 0 radical (unpaired) electrons. The van der Waals surface area contributed by atoms with E-state index in [0.29, 0.717) is 0 Å². The van der Waals surface area contributed by atoms with Gasteiger partial charge in [0.25, 0.3) is 0 Å². The lowest BCUT2D eigenvalue weighted by Gasteiger charge is -2.15. The van der Waals surface area contributed by atoms with Crippen LogP contribution < -0.4 is 5.73 Å². The third-order valence-electron chi connectivity index (χ3n) is 2.10. The van der Waals surface area contributed by atoms with Crippen molar-refractivity contribution in [2.24, 2.45) is 17.6 Å². The quantitative estimate of drug-likeness (QED) is 0.630. The van der Waals surface area contributed by atoms with Crippen LogP contribution in [-0.4, -0.2) is 6.54 Å². The Balaban J connectivity index is 3.41. The minimum atomic E-state index is 0.773. The SMILES string of the molecule is CCCCC(CN)CC(C)C. The van der Waals surface area contributed by atoms with E-state index in [1.54, 1.807) is 0 Å². The van der Waals surface area contributed by atoms with E-state index in [4.69, 9.17) is 5.73 Å². The minimum absolute atomic E-state index is 0.773. The van der Waals surface area contributed by atoms with Crippen LogP contribution in [0.1, 0.15) is 46.5 Å². The lowest BCUT2D eigenvalue weighted by atomic mass is 9.93. The lowest BCUT2D eigenvalue weighted by molar-refractivity contribution is 0.384. The second-order valence-electron chi connectivity index (χ2n) is 3.87. The van der Waals surface area contributed by atoms with Crippen LogP contribution in [0.25, 0.3) is 0 Å². The Morgan fingerprint density at radius 1 is 1.27 bits per heavy atom. The molecule has 11 heavy (non-hydrogen) atoms. The number of hydrogen-bond acceptors (Lipinski definition) is 1. The highest BCUT2D eigenvalue weighted by molar-refractivity contribution is 4.61. The first kappa shape index (κ1) is 11.0. The van der Waals surface area contributed by atoms with E-state index in [1.807, 2.05) is 0 Å². The van der Waals surface area contributed by atoms with Crippen molar-refractivity contribution < 1.29 is 0 Å². The zero-order valence-electron chi connectivity index (χ0n) is 8.27. The first-order valence-corrected chi connectivity index (χ1v) is 4.90. The predicted octanol–water partition coefficient (Wildman–Crippen LogP) is 2.80. The second kappa shape index (κ2) is 6.66. The summed E-state index contributed by atoms with van der Waals surface area (Å²) in [6, 6.07) is 0. The number of rotatable bonds is 6. The summed E-state index contributed by atoms with van der Waals surface area (Å²) in [4.78, 5) is 0. The zero-order chi connectivity index (χ0) is 8.69. The Morgan fingerprint density at radius 3 is 2.27 bits per heavy atom. The summed E-state index contributed by atoms with van der Waals surface area (Å²) >= 11 is 0. The molecule has 0 aliphatic carbocycles. The first-order valence-electron chi connectivity index (χ1n) is 4.90. The van der Waals surface area contributed by atoms with E-state index in [2.05, 4.69) is 20.8 Å². The van der Waals surface area contributed by atoms with E-state index in [1.165, 1.54) is 25.7 Å². The third kappa shape index (κ3) is 6.36. The summed E-state index contributed by atoms with van der Waals surface area (Å²) in [5.74, 6) is 1.58. The minimum Gasteiger partial charge on any atom is -0.330 e. The maximum atomic E-state index is 5.66. The van der Waals surface area contributed by atoms with Gasteiger partial charge in [0.15, 0.2) is 0 Å². The van der Waals surface area contributed by atoms with Crippen LogP contribution in [0, 0.1) is 11.8 Å². The van der Waals surface area contributed by atoms with Gasteiger partial charge in [-0.1, -0.05) is 33.6 Å². The van der Waals surface area contributed by atoms with Crippen LogP contribution in [0.2, 0.25) is 0 Å². The van der Waals surface area contributed by atoms with Gasteiger partial charge in [-0.15, -0.1) is 0 Å². The molecule has 0 rings (SSSR count). The van der Waals surface area contributed by atoms with E-state index in [-0.39, 0.29) is 0 Å². The van der Waals surface area contributed by atoms with Gasteiger partial charge in [0, 0.05) is 0 Å². The summed E-state index contributed by atoms with van der Waals surface area (Å²) in [7, 11) is 0. The van der Waals surface area contributed by atoms with Gasteiger partial charge in [-0.25, -0.2) is 0 Å². The zero-order valence-corrected chi connectivity index (χ0v) is 8.27. The number of nitrogens with two attached hydrogens (primary N) is 1. The van der Waals surface area contributed by atoms with Crippen LogP contribution in [0.4, 0.5) is 0 Å². The summed E-state index contributed by atoms with van der Waals surface area (Å²) in [6.45, 7) is 7.66. The maximum Gasteiger partial charge on any atom is -0.00488 e. The van der Waals surface area contributed by atoms with Gasteiger partial charge >= 0.3 is 0 Å². The summed E-state index contributed by atoms with van der Waals surface area (Å²) in [5.41, 5.74) is 5.66. The van der Waals surface area contributed by atoms with E-state index in [9.17, 15) is 0 Å². The Kier molecular flexibility index (Phi) is 6.63. The van der Waals surface area contributed by atoms with Crippen molar-refractivity contribution >= 4 is 0 Å². The third-order valence-corrected chi connectivity index (χ3v) is 2.10. The van der Waals surface area contributed by atoms with Gasteiger partial charge in [-0.05, 0) is 31.2 Å². The highest BCUT2D eigenvalue weighted by atomic mass is 14.5. The average molecular weight is 157 g/mol. The lowest BCUT2D eigenvalue weighted by Crippen LogP contribution is -2.16. The Bertz CT molecular complexity index is 78.9. The van der Waals surface area contributed by atoms with Crippen molar-refractivity contribution in [2.45, 2.75) is 46.5 Å². The van der Waals surface area contributed by atoms with E-state index in [0.717, 1.165) is 18.4 Å². The van der Waals surface area contributed by atoms with Crippen molar-refractivity contribution in [3.05, 3.63) is 0 Å². The molecule has 1 unspecified atom stereocenters. The first-order chi connectivity index (χ1) is 5.20. The molecule has 1 nitrogen and oxygen atoms in total. The van der Waals surface area contributed by atoms with Gasteiger partial charge in [-0.3, -0.25) is 0 Å². The second-order valence-corrected chi connectivity index (χ2v) is 3.87. The molecule has 0 aromatic carbocycles. The number of hydrogen-bond donors (Lipinski definition) is 1. The van der Waals surface area contributed by atoms with Gasteiger partial charge in [-0.2, -0.15) is 0 Å². The molecular weight excluding hydrogens is 134 g/mol. The highest BCUT2D eigenvalue weighted by Crippen LogP contribution is 2.16. The van der Waals surface area contributed by atoms with Gasteiger partial charge in [0.2, 0.25) is 0 Å². The van der Waals surface area contributed by atoms with Crippen LogP contribution in [0.3, 0.4) is 0 Å². The summed E-state index contributed by atoms with van der Waals surface area (Å²) in [6.07, 6.45) is 5.27. The van der Waals surface area contributed by atoms with Crippen LogP contribution in [-0.2, 0) is 0 Å². The van der Waals surface area contributed by atoms with Gasteiger partial charge in [0.1, 0.15) is 0 Å². The topological polar surface area (TPSA) is 26.0 Å². The molecule has 0 saturated carbocycles. The predicted molar refractivity (Wildman–Crippen MR) is 51.5 cm³/mol. The van der Waals surface area contributed by atoms with Crippen molar-refractivity contribution in [1.82, 2.24) is 0 Å². The molecule has 0 bridgehead atoms. The summed E-state index contributed by atoms with van der Waals surface area (Å²) in [5, 5.41) is 0. The molecule has 0 amide bonds. The van der Waals surface area contributed by atoms with Crippen LogP contribution in [0.5, 0.6) is 0 Å². The molecule has 1 atom stereocenters. The molecule has 2 N–H and O–H groups in total. The fourth-order valence-electron chi connectivity index (χ4n) is 1.49. The van der Waals surface area contributed by atoms with Gasteiger partial charge < -0.3 is 5.73 Å². The van der Waals surface area contributed by atoms with E-state index >= 15 is 0 Å². The van der Waals surface area contributed by atoms with Gasteiger partial charge in [0.05, 0.1) is 0 Å². The average Bonchev–Trinajstić information content (AvgIpc) is 1.97. The largest absolute Gasteiger partial charge is 0.330 e. The fraction of sp³-hybridized carbons (Fsp3) is 1.00. The van der Waals surface area contributed by atoms with Crippen LogP contribution >= 0.6 is 0 Å². The standard InChI is InChI=1S/C10H23N/c1-4-5-6-10(8-11)7-9(2)3/h9-10H,4-8,11H2,1-3H3. The van der Waals surface area contributed by atoms with E-state index < -0.39 is 0 Å². The monoisotopic (exact) mass is 157 g/mol. The Hall–Kier alpha value is -0.0400. The van der Waals surface area contributed by atoms with Crippen molar-refractivity contribution in [3.8, 4) is 0 Å². The normalized spacial score (nSPS) is 13.9. The fourth-order valence-corrected chi connectivity index (χ4v) is 1.49. The molecule has 0 aromatic rings. The molecule has 0 aliphatic heterocycles. The molecular formula is C10H23N. The maximum absolute atomic E-state index is 5.66. The van der Waals surface area contributed by atoms with Crippen molar-refractivity contribution in [1.29, 1.82) is 0 Å². The molecule has 0 aromatic heterocycles. The molecule has 1 heteroatoms. The number of unbranched alkanes of at least 4 members (excludes halogenated alkanes) is 1. The molecule has 68 valence electrons. The Labute approximate surface area is 71.4 Å². The molecule has 0 heterocycles. The van der Waals surface area contributed by atoms with Crippen molar-refractivity contribution in [3.63, 3.8) is 0 Å².